The lowest BCUT2D eigenvalue weighted by Crippen LogP contribution is -2.27. The number of aromatic nitrogens is 1. The quantitative estimate of drug-likeness (QED) is 0.927. The molecule has 1 amide bonds. The highest BCUT2D eigenvalue weighted by molar-refractivity contribution is 5.92. The van der Waals surface area contributed by atoms with Crippen molar-refractivity contribution in [3.8, 4) is 17.3 Å². The molecule has 1 saturated carbocycles. The number of hydrogen-bond acceptors (Lipinski definition) is 4. The van der Waals surface area contributed by atoms with Gasteiger partial charge in [0, 0.05) is 17.5 Å². The van der Waals surface area contributed by atoms with E-state index in [1.54, 1.807) is 24.3 Å². The van der Waals surface area contributed by atoms with E-state index in [2.05, 4.69) is 16.5 Å². The van der Waals surface area contributed by atoms with Gasteiger partial charge in [-0.1, -0.05) is 23.7 Å². The van der Waals surface area contributed by atoms with E-state index in [1.807, 2.05) is 6.07 Å². The average molecular weight is 267 g/mol. The van der Waals surface area contributed by atoms with Gasteiger partial charge in [-0.2, -0.15) is 5.26 Å². The number of amides is 1. The van der Waals surface area contributed by atoms with Gasteiger partial charge < -0.3 is 4.52 Å². The van der Waals surface area contributed by atoms with E-state index in [9.17, 15) is 4.79 Å². The Balaban J connectivity index is 1.75. The Kier molecular flexibility index (Phi) is 3.21. The summed E-state index contributed by atoms with van der Waals surface area (Å²) in [6.07, 6.45) is 2.99. The molecule has 1 aromatic carbocycles. The first kappa shape index (κ1) is 12.4. The van der Waals surface area contributed by atoms with Crippen LogP contribution in [0, 0.1) is 17.2 Å². The molecule has 1 heterocycles. The molecule has 1 fully saturated rings. The fraction of sp³-hybridized carbons (Fsp3) is 0.267. The van der Waals surface area contributed by atoms with Gasteiger partial charge in [-0.25, -0.2) is 0 Å². The minimum Gasteiger partial charge on any atom is -0.338 e. The molecular formula is C15H13N3O2. The van der Waals surface area contributed by atoms with E-state index in [0.29, 0.717) is 17.1 Å². The summed E-state index contributed by atoms with van der Waals surface area (Å²) in [7, 11) is 0. The van der Waals surface area contributed by atoms with Crippen molar-refractivity contribution >= 4 is 11.8 Å². The Hall–Kier alpha value is -2.61. The molecular weight excluding hydrogens is 254 g/mol. The maximum absolute atomic E-state index is 11.8. The SMILES string of the molecule is N#Cc1cccc(-c2cc(NC(=O)C3CCC3)on2)c1. The molecule has 1 N–H and O–H groups in total. The molecule has 0 radical (unpaired) electrons. The minimum atomic E-state index is -0.00951. The van der Waals surface area contributed by atoms with Crippen LogP contribution >= 0.6 is 0 Å². The average Bonchev–Trinajstić information content (AvgIpc) is 2.85. The standard InChI is InChI=1S/C15H13N3O2/c16-9-10-3-1-6-12(7-10)13-8-14(20-18-13)17-15(19)11-4-2-5-11/h1,3,6-8,11H,2,4-5H2,(H,17,19). The van der Waals surface area contributed by atoms with Gasteiger partial charge in [0.25, 0.3) is 0 Å². The molecule has 2 aromatic rings. The Morgan fingerprint density at radius 2 is 2.25 bits per heavy atom. The van der Waals surface area contributed by atoms with Crippen molar-refractivity contribution in [3.63, 3.8) is 0 Å². The second-order valence-corrected chi connectivity index (χ2v) is 4.89. The third-order valence-corrected chi connectivity index (χ3v) is 3.52. The lowest BCUT2D eigenvalue weighted by atomic mass is 9.85. The third kappa shape index (κ3) is 2.41. The first-order valence-corrected chi connectivity index (χ1v) is 6.54. The summed E-state index contributed by atoms with van der Waals surface area (Å²) in [4.78, 5) is 11.8. The number of rotatable bonds is 3. The maximum atomic E-state index is 11.8. The minimum absolute atomic E-state index is 0.00951. The Labute approximate surface area is 116 Å². The van der Waals surface area contributed by atoms with Gasteiger partial charge in [0.15, 0.2) is 0 Å². The van der Waals surface area contributed by atoms with Crippen LogP contribution in [0.5, 0.6) is 0 Å². The van der Waals surface area contributed by atoms with Crippen molar-refractivity contribution in [3.05, 3.63) is 35.9 Å². The number of nitrogens with one attached hydrogen (secondary N) is 1. The molecule has 0 bridgehead atoms. The molecule has 1 aromatic heterocycles. The summed E-state index contributed by atoms with van der Waals surface area (Å²) < 4.78 is 5.12. The lowest BCUT2D eigenvalue weighted by Gasteiger charge is -2.23. The topological polar surface area (TPSA) is 78.9 Å². The van der Waals surface area contributed by atoms with Crippen LogP contribution in [0.1, 0.15) is 24.8 Å². The van der Waals surface area contributed by atoms with Crippen LogP contribution in [0.4, 0.5) is 5.88 Å². The van der Waals surface area contributed by atoms with Crippen molar-refractivity contribution in [2.45, 2.75) is 19.3 Å². The Morgan fingerprint density at radius 1 is 1.40 bits per heavy atom. The summed E-state index contributed by atoms with van der Waals surface area (Å²) in [5, 5.41) is 15.5. The number of carbonyl (C=O) groups excluding carboxylic acids is 1. The predicted molar refractivity (Wildman–Crippen MR) is 72.6 cm³/mol. The molecule has 5 heteroatoms. The predicted octanol–water partition coefficient (Wildman–Crippen LogP) is 2.95. The summed E-state index contributed by atoms with van der Waals surface area (Å²) in [5.41, 5.74) is 1.95. The van der Waals surface area contributed by atoms with Gasteiger partial charge in [0.2, 0.25) is 11.8 Å². The number of hydrogen-bond donors (Lipinski definition) is 1. The molecule has 1 aliphatic carbocycles. The number of nitrogens with zero attached hydrogens (tertiary/aromatic N) is 2. The van der Waals surface area contributed by atoms with Gasteiger partial charge in [-0.3, -0.25) is 10.1 Å². The summed E-state index contributed by atoms with van der Waals surface area (Å²) >= 11 is 0. The van der Waals surface area contributed by atoms with E-state index in [0.717, 1.165) is 24.8 Å². The highest BCUT2D eigenvalue weighted by Crippen LogP contribution is 2.28. The van der Waals surface area contributed by atoms with Gasteiger partial charge in [0.05, 0.1) is 11.6 Å². The van der Waals surface area contributed by atoms with E-state index in [-0.39, 0.29) is 11.8 Å². The summed E-state index contributed by atoms with van der Waals surface area (Å²) in [6, 6.07) is 10.8. The zero-order valence-electron chi connectivity index (χ0n) is 10.8. The van der Waals surface area contributed by atoms with Crippen molar-refractivity contribution in [1.82, 2.24) is 5.16 Å². The second-order valence-electron chi connectivity index (χ2n) is 4.89. The van der Waals surface area contributed by atoms with Gasteiger partial charge in [-0.05, 0) is 25.0 Å². The number of nitriles is 1. The third-order valence-electron chi connectivity index (χ3n) is 3.52. The maximum Gasteiger partial charge on any atom is 0.231 e. The van der Waals surface area contributed by atoms with Crippen LogP contribution in [0.15, 0.2) is 34.9 Å². The van der Waals surface area contributed by atoms with Crippen LogP contribution in [-0.4, -0.2) is 11.1 Å². The number of carbonyl (C=O) groups is 1. The van der Waals surface area contributed by atoms with Crippen LogP contribution in [-0.2, 0) is 4.79 Å². The lowest BCUT2D eigenvalue weighted by molar-refractivity contribution is -0.122. The highest BCUT2D eigenvalue weighted by Gasteiger charge is 2.26. The Bertz CT molecular complexity index is 680. The monoisotopic (exact) mass is 267 g/mol. The van der Waals surface area contributed by atoms with E-state index < -0.39 is 0 Å². The van der Waals surface area contributed by atoms with Crippen molar-refractivity contribution in [2.75, 3.05) is 5.32 Å². The summed E-state index contributed by atoms with van der Waals surface area (Å²) in [6.45, 7) is 0. The van der Waals surface area contributed by atoms with Crippen molar-refractivity contribution in [2.24, 2.45) is 5.92 Å². The number of benzene rings is 1. The zero-order chi connectivity index (χ0) is 13.9. The molecule has 100 valence electrons. The molecule has 3 rings (SSSR count). The molecule has 20 heavy (non-hydrogen) atoms. The normalized spacial score (nSPS) is 14.3. The molecule has 1 aliphatic rings. The molecule has 5 nitrogen and oxygen atoms in total. The van der Waals surface area contributed by atoms with Gasteiger partial charge in [-0.15, -0.1) is 0 Å². The smallest absolute Gasteiger partial charge is 0.231 e. The van der Waals surface area contributed by atoms with E-state index in [1.165, 1.54) is 0 Å². The van der Waals surface area contributed by atoms with Gasteiger partial charge in [0.1, 0.15) is 5.69 Å². The molecule has 0 spiro atoms. The fourth-order valence-electron chi connectivity index (χ4n) is 2.11. The molecule has 0 saturated heterocycles. The Morgan fingerprint density at radius 3 is 2.95 bits per heavy atom. The molecule has 0 unspecified atom stereocenters. The second kappa shape index (κ2) is 5.17. The highest BCUT2D eigenvalue weighted by atomic mass is 16.5. The van der Waals surface area contributed by atoms with Crippen LogP contribution < -0.4 is 5.32 Å². The van der Waals surface area contributed by atoms with Crippen molar-refractivity contribution in [1.29, 1.82) is 5.26 Å². The van der Waals surface area contributed by atoms with E-state index in [4.69, 9.17) is 9.78 Å². The first-order chi connectivity index (χ1) is 9.76. The van der Waals surface area contributed by atoms with E-state index >= 15 is 0 Å². The number of anilines is 1. The van der Waals surface area contributed by atoms with Crippen LogP contribution in [0.3, 0.4) is 0 Å². The summed E-state index contributed by atoms with van der Waals surface area (Å²) in [5.74, 6) is 0.439. The van der Waals surface area contributed by atoms with Gasteiger partial charge >= 0.3 is 0 Å². The molecule has 0 atom stereocenters. The van der Waals surface area contributed by atoms with Crippen LogP contribution in [0.2, 0.25) is 0 Å². The first-order valence-electron chi connectivity index (χ1n) is 6.54. The zero-order valence-corrected chi connectivity index (χ0v) is 10.8. The van der Waals surface area contributed by atoms with Crippen LogP contribution in [0.25, 0.3) is 11.3 Å². The molecule has 0 aliphatic heterocycles. The fourth-order valence-corrected chi connectivity index (χ4v) is 2.11. The largest absolute Gasteiger partial charge is 0.338 e. The van der Waals surface area contributed by atoms with Crippen molar-refractivity contribution < 1.29 is 9.32 Å².